The Balaban J connectivity index is 1.62. The monoisotopic (exact) mass is 386 g/mol. The van der Waals surface area contributed by atoms with E-state index in [1.54, 1.807) is 29.5 Å². The maximum atomic E-state index is 13.8. The van der Waals surface area contributed by atoms with Crippen molar-refractivity contribution in [3.05, 3.63) is 88.3 Å². The lowest BCUT2D eigenvalue weighted by Crippen LogP contribution is -2.33. The summed E-state index contributed by atoms with van der Waals surface area (Å²) in [7, 11) is 0. The molecule has 0 saturated carbocycles. The molecule has 4 nitrogen and oxygen atoms in total. The van der Waals surface area contributed by atoms with Gasteiger partial charge in [0.25, 0.3) is 0 Å². The number of fused-ring (bicyclic) bond motifs is 3. The maximum absolute atomic E-state index is 13.8. The highest BCUT2D eigenvalue weighted by molar-refractivity contribution is 6.30. The first-order valence-corrected chi connectivity index (χ1v) is 8.79. The van der Waals surface area contributed by atoms with Gasteiger partial charge in [-0.2, -0.15) is 5.10 Å². The molecular weight excluding hydrogens is 374 g/mol. The molecule has 2 atom stereocenters. The fraction of sp³-hybridized carbons (Fsp3) is 0.150. The first kappa shape index (κ1) is 16.3. The summed E-state index contributed by atoms with van der Waals surface area (Å²) in [5.74, 6) is -0.522. The van der Waals surface area contributed by atoms with Gasteiger partial charge in [0.2, 0.25) is 6.23 Å². The average molecular weight is 387 g/mol. The van der Waals surface area contributed by atoms with Gasteiger partial charge in [0, 0.05) is 22.6 Å². The Morgan fingerprint density at radius 2 is 1.96 bits per heavy atom. The normalized spacial score (nSPS) is 20.7. The SMILES string of the molecule is Fc1ccc([C@H]2Oc3ccc(Cl)cc3[C@H]3CC(c4ccco4)=NN32)cc1F. The highest BCUT2D eigenvalue weighted by atomic mass is 35.5. The Morgan fingerprint density at radius 1 is 1.07 bits per heavy atom. The summed E-state index contributed by atoms with van der Waals surface area (Å²) in [6.45, 7) is 0. The third-order valence-electron chi connectivity index (χ3n) is 4.79. The summed E-state index contributed by atoms with van der Waals surface area (Å²) in [4.78, 5) is 0. The predicted octanol–water partition coefficient (Wildman–Crippen LogP) is 5.45. The van der Waals surface area contributed by atoms with Crippen LogP contribution in [0.25, 0.3) is 0 Å². The quantitative estimate of drug-likeness (QED) is 0.587. The maximum Gasteiger partial charge on any atom is 0.213 e. The fourth-order valence-electron chi connectivity index (χ4n) is 3.54. The Labute approximate surface area is 158 Å². The largest absolute Gasteiger partial charge is 0.464 e. The minimum Gasteiger partial charge on any atom is -0.464 e. The lowest BCUT2D eigenvalue weighted by atomic mass is 9.97. The molecule has 0 unspecified atom stereocenters. The molecule has 7 heteroatoms. The highest BCUT2D eigenvalue weighted by Gasteiger charge is 2.41. The zero-order valence-corrected chi connectivity index (χ0v) is 14.7. The van der Waals surface area contributed by atoms with Crippen LogP contribution in [-0.4, -0.2) is 10.7 Å². The number of hydrogen-bond donors (Lipinski definition) is 0. The molecule has 0 amide bonds. The Bertz CT molecular complexity index is 1050. The van der Waals surface area contributed by atoms with Crippen molar-refractivity contribution >= 4 is 17.3 Å². The van der Waals surface area contributed by atoms with E-state index in [1.807, 2.05) is 12.1 Å². The molecule has 1 aromatic heterocycles. The molecular formula is C20H13ClF2N2O2. The third kappa shape index (κ3) is 2.68. The van der Waals surface area contributed by atoms with E-state index in [9.17, 15) is 8.78 Å². The summed E-state index contributed by atoms with van der Waals surface area (Å²) in [5.41, 5.74) is 2.13. The minimum atomic E-state index is -0.927. The van der Waals surface area contributed by atoms with Crippen LogP contribution < -0.4 is 4.74 Å². The van der Waals surface area contributed by atoms with E-state index in [0.29, 0.717) is 28.5 Å². The highest BCUT2D eigenvalue weighted by Crippen LogP contribution is 2.48. The van der Waals surface area contributed by atoms with Crippen LogP contribution in [0.2, 0.25) is 5.02 Å². The molecule has 0 N–H and O–H groups in total. The van der Waals surface area contributed by atoms with E-state index in [2.05, 4.69) is 5.10 Å². The van der Waals surface area contributed by atoms with Crippen molar-refractivity contribution in [1.29, 1.82) is 0 Å². The van der Waals surface area contributed by atoms with Crippen LogP contribution in [0.5, 0.6) is 5.75 Å². The average Bonchev–Trinajstić information content (AvgIpc) is 3.33. The van der Waals surface area contributed by atoms with E-state index in [1.165, 1.54) is 6.07 Å². The van der Waals surface area contributed by atoms with E-state index in [0.717, 1.165) is 23.4 Å². The lowest BCUT2D eigenvalue weighted by Gasteiger charge is -2.38. The molecule has 0 saturated heterocycles. The summed E-state index contributed by atoms with van der Waals surface area (Å²) in [6, 6.07) is 12.6. The first-order chi connectivity index (χ1) is 13.1. The molecule has 5 rings (SSSR count). The summed E-state index contributed by atoms with van der Waals surface area (Å²) in [6.07, 6.45) is 1.49. The molecule has 136 valence electrons. The molecule has 3 aromatic rings. The Hall–Kier alpha value is -2.86. The van der Waals surface area contributed by atoms with Crippen LogP contribution in [0.4, 0.5) is 8.78 Å². The number of halogens is 3. The van der Waals surface area contributed by atoms with Gasteiger partial charge >= 0.3 is 0 Å². The zero-order chi connectivity index (χ0) is 18.5. The van der Waals surface area contributed by atoms with E-state index in [-0.39, 0.29) is 6.04 Å². The molecule has 2 aromatic carbocycles. The first-order valence-electron chi connectivity index (χ1n) is 8.41. The van der Waals surface area contributed by atoms with Gasteiger partial charge in [-0.1, -0.05) is 17.7 Å². The van der Waals surface area contributed by atoms with Crippen LogP contribution in [0.15, 0.2) is 64.3 Å². The molecule has 0 radical (unpaired) electrons. The Morgan fingerprint density at radius 3 is 2.74 bits per heavy atom. The van der Waals surface area contributed by atoms with E-state index < -0.39 is 17.9 Å². The van der Waals surface area contributed by atoms with Crippen molar-refractivity contribution in [2.45, 2.75) is 18.7 Å². The second kappa shape index (κ2) is 6.09. The number of benzene rings is 2. The van der Waals surface area contributed by atoms with Gasteiger partial charge < -0.3 is 9.15 Å². The van der Waals surface area contributed by atoms with Gasteiger partial charge in [-0.15, -0.1) is 0 Å². The molecule has 27 heavy (non-hydrogen) atoms. The van der Waals surface area contributed by atoms with Crippen molar-refractivity contribution in [2.75, 3.05) is 0 Å². The predicted molar refractivity (Wildman–Crippen MR) is 95.6 cm³/mol. The molecule has 0 spiro atoms. The molecule has 3 heterocycles. The van der Waals surface area contributed by atoms with Crippen molar-refractivity contribution in [3.8, 4) is 5.75 Å². The third-order valence-corrected chi connectivity index (χ3v) is 5.02. The lowest BCUT2D eigenvalue weighted by molar-refractivity contribution is -0.0192. The Kier molecular flexibility index (Phi) is 3.68. The minimum absolute atomic E-state index is 0.148. The van der Waals surface area contributed by atoms with E-state index in [4.69, 9.17) is 20.8 Å². The van der Waals surface area contributed by atoms with E-state index >= 15 is 0 Å². The molecule has 0 aliphatic carbocycles. The van der Waals surface area contributed by atoms with Gasteiger partial charge in [-0.3, -0.25) is 0 Å². The molecule has 2 aliphatic heterocycles. The van der Waals surface area contributed by atoms with Gasteiger partial charge in [0.15, 0.2) is 11.6 Å². The molecule has 0 fully saturated rings. The van der Waals surface area contributed by atoms with Gasteiger partial charge in [-0.25, -0.2) is 13.8 Å². The van der Waals surface area contributed by atoms with Gasteiger partial charge in [0.05, 0.1) is 12.3 Å². The van der Waals surface area contributed by atoms with Crippen molar-refractivity contribution in [1.82, 2.24) is 5.01 Å². The molecule has 2 aliphatic rings. The van der Waals surface area contributed by atoms with Gasteiger partial charge in [-0.05, 0) is 42.5 Å². The van der Waals surface area contributed by atoms with Crippen LogP contribution >= 0.6 is 11.6 Å². The number of ether oxygens (including phenoxy) is 1. The standard InChI is InChI=1S/C20H13ClF2N2O2/c21-12-4-6-18-13(9-12)17-10-16(19-2-1-7-26-19)24-25(17)20(27-18)11-3-5-14(22)15(23)8-11/h1-9,17,20H,10H2/t17-,20-/m1/s1. The second-order valence-electron chi connectivity index (χ2n) is 6.45. The second-order valence-corrected chi connectivity index (χ2v) is 6.89. The summed E-state index contributed by atoms with van der Waals surface area (Å²) >= 11 is 6.17. The van der Waals surface area contributed by atoms with Crippen LogP contribution in [0, 0.1) is 11.6 Å². The number of rotatable bonds is 2. The van der Waals surface area contributed by atoms with Crippen molar-refractivity contribution in [2.24, 2.45) is 5.10 Å². The summed E-state index contributed by atoms with van der Waals surface area (Å²) < 4.78 is 38.8. The summed E-state index contributed by atoms with van der Waals surface area (Å²) in [5, 5.41) is 7.01. The fourth-order valence-corrected chi connectivity index (χ4v) is 3.72. The number of furan rings is 1. The van der Waals surface area contributed by atoms with Crippen LogP contribution in [0.1, 0.15) is 35.6 Å². The number of nitrogens with zero attached hydrogens (tertiary/aromatic N) is 2. The molecule has 0 bridgehead atoms. The smallest absolute Gasteiger partial charge is 0.213 e. The number of hydrogen-bond acceptors (Lipinski definition) is 4. The zero-order valence-electron chi connectivity index (χ0n) is 13.9. The number of hydrazone groups is 1. The van der Waals surface area contributed by atoms with Crippen molar-refractivity contribution < 1.29 is 17.9 Å². The van der Waals surface area contributed by atoms with Crippen LogP contribution in [-0.2, 0) is 0 Å². The topological polar surface area (TPSA) is 38.0 Å². The van der Waals surface area contributed by atoms with Crippen LogP contribution in [0.3, 0.4) is 0 Å². The van der Waals surface area contributed by atoms with Gasteiger partial charge in [0.1, 0.15) is 17.2 Å². The van der Waals surface area contributed by atoms with Crippen molar-refractivity contribution in [3.63, 3.8) is 0 Å².